The van der Waals surface area contributed by atoms with E-state index in [-0.39, 0.29) is 0 Å². The number of nitrogens with one attached hydrogen (secondary N) is 1. The molecule has 1 N–H and O–H groups in total. The zero-order valence-electron chi connectivity index (χ0n) is 12.5. The summed E-state index contributed by atoms with van der Waals surface area (Å²) in [4.78, 5) is 2.74. The molecule has 3 aliphatic heterocycles. The van der Waals surface area contributed by atoms with Crippen LogP contribution >= 0.6 is 11.6 Å². The molecule has 114 valence electrons. The van der Waals surface area contributed by atoms with Crippen LogP contribution in [0.3, 0.4) is 0 Å². The van der Waals surface area contributed by atoms with Gasteiger partial charge in [0.25, 0.3) is 0 Å². The van der Waals surface area contributed by atoms with E-state index in [0.29, 0.717) is 24.2 Å². The molecule has 3 aliphatic rings. The van der Waals surface area contributed by atoms with E-state index < -0.39 is 0 Å². The largest absolute Gasteiger partial charge is 0.378 e. The molecule has 0 radical (unpaired) electrons. The molecule has 2 unspecified atom stereocenters. The average molecular weight is 307 g/mol. The Morgan fingerprint density at radius 3 is 2.71 bits per heavy atom. The smallest absolute Gasteiger partial charge is 0.0622 e. The summed E-state index contributed by atoms with van der Waals surface area (Å²) in [6.07, 6.45) is 3.78. The molecule has 3 nitrogen and oxygen atoms in total. The van der Waals surface area contributed by atoms with E-state index in [1.54, 1.807) is 0 Å². The van der Waals surface area contributed by atoms with Gasteiger partial charge in [-0.15, -0.1) is 0 Å². The van der Waals surface area contributed by atoms with E-state index in [4.69, 9.17) is 16.3 Å². The third-order valence-corrected chi connectivity index (χ3v) is 5.94. The van der Waals surface area contributed by atoms with E-state index >= 15 is 0 Å². The minimum absolute atomic E-state index is 0.360. The fourth-order valence-corrected chi connectivity index (χ4v) is 4.68. The van der Waals surface area contributed by atoms with Gasteiger partial charge in [0, 0.05) is 29.2 Å². The first-order chi connectivity index (χ1) is 10.3. The van der Waals surface area contributed by atoms with Crippen LogP contribution in [0.25, 0.3) is 0 Å². The van der Waals surface area contributed by atoms with Crippen LogP contribution in [0.15, 0.2) is 18.2 Å². The van der Waals surface area contributed by atoms with Crippen LogP contribution in [0.5, 0.6) is 0 Å². The summed E-state index contributed by atoms with van der Waals surface area (Å²) in [6, 6.07) is 8.55. The number of nitrogens with zero attached hydrogens (tertiary/aromatic N) is 1. The molecule has 3 saturated heterocycles. The summed E-state index contributed by atoms with van der Waals surface area (Å²) < 4.78 is 5.74. The standard InChI is InChI=1S/C17H23ClN2O/c1-11-3-2-4-14(16(11)18)17-15(7-8-19-17)20-12-5-6-13(20)10-21-9-12/h2-4,12-13,15,17,19H,5-10H2,1H3/t12?,13?,15-,17-/m1/s1. The molecule has 3 heterocycles. The van der Waals surface area contributed by atoms with Gasteiger partial charge >= 0.3 is 0 Å². The Kier molecular flexibility index (Phi) is 3.70. The molecule has 3 fully saturated rings. The van der Waals surface area contributed by atoms with Crippen molar-refractivity contribution in [2.45, 2.75) is 50.4 Å². The first kappa shape index (κ1) is 14.0. The monoisotopic (exact) mass is 306 g/mol. The maximum atomic E-state index is 6.58. The van der Waals surface area contributed by atoms with Gasteiger partial charge < -0.3 is 10.1 Å². The van der Waals surface area contributed by atoms with Gasteiger partial charge in [0.1, 0.15) is 0 Å². The summed E-state index contributed by atoms with van der Waals surface area (Å²) in [7, 11) is 0. The Bertz CT molecular complexity index is 520. The van der Waals surface area contributed by atoms with Crippen LogP contribution in [0.1, 0.15) is 36.4 Å². The first-order valence-electron chi connectivity index (χ1n) is 8.09. The zero-order valence-corrected chi connectivity index (χ0v) is 13.3. The van der Waals surface area contributed by atoms with Crippen molar-refractivity contribution in [2.75, 3.05) is 19.8 Å². The van der Waals surface area contributed by atoms with E-state index in [9.17, 15) is 0 Å². The Balaban J connectivity index is 1.65. The Morgan fingerprint density at radius 1 is 1.19 bits per heavy atom. The van der Waals surface area contributed by atoms with Gasteiger partial charge in [0.15, 0.2) is 0 Å². The van der Waals surface area contributed by atoms with E-state index in [1.165, 1.54) is 30.4 Å². The predicted molar refractivity (Wildman–Crippen MR) is 84.8 cm³/mol. The molecule has 2 bridgehead atoms. The molecule has 4 heteroatoms. The molecule has 4 atom stereocenters. The minimum Gasteiger partial charge on any atom is -0.378 e. The van der Waals surface area contributed by atoms with Gasteiger partial charge in [0.2, 0.25) is 0 Å². The molecule has 0 aromatic heterocycles. The van der Waals surface area contributed by atoms with Gasteiger partial charge in [-0.2, -0.15) is 0 Å². The fourth-order valence-electron chi connectivity index (χ4n) is 4.44. The van der Waals surface area contributed by atoms with Crippen LogP contribution in [0.2, 0.25) is 5.02 Å². The summed E-state index contributed by atoms with van der Waals surface area (Å²) in [5, 5.41) is 4.62. The van der Waals surface area contributed by atoms with Gasteiger partial charge in [-0.05, 0) is 43.9 Å². The summed E-state index contributed by atoms with van der Waals surface area (Å²) in [5.74, 6) is 0. The lowest BCUT2D eigenvalue weighted by molar-refractivity contribution is -0.0387. The van der Waals surface area contributed by atoms with Crippen LogP contribution < -0.4 is 5.32 Å². The van der Waals surface area contributed by atoms with Crippen LogP contribution in [-0.2, 0) is 4.74 Å². The van der Waals surface area contributed by atoms with Crippen molar-refractivity contribution < 1.29 is 4.74 Å². The Morgan fingerprint density at radius 2 is 1.95 bits per heavy atom. The molecule has 21 heavy (non-hydrogen) atoms. The second-order valence-electron chi connectivity index (χ2n) is 6.64. The third kappa shape index (κ3) is 2.31. The third-order valence-electron chi connectivity index (χ3n) is 5.43. The molecule has 1 aromatic rings. The van der Waals surface area contributed by atoms with Crippen molar-refractivity contribution in [1.82, 2.24) is 10.2 Å². The molecule has 4 rings (SSSR count). The summed E-state index contributed by atoms with van der Waals surface area (Å²) in [6.45, 7) is 4.98. The van der Waals surface area contributed by atoms with Gasteiger partial charge in [-0.3, -0.25) is 4.90 Å². The fraction of sp³-hybridized carbons (Fsp3) is 0.647. The van der Waals surface area contributed by atoms with Crippen LogP contribution in [0.4, 0.5) is 0 Å². The maximum absolute atomic E-state index is 6.58. The number of rotatable bonds is 2. The topological polar surface area (TPSA) is 24.5 Å². The van der Waals surface area contributed by atoms with Crippen molar-refractivity contribution in [3.05, 3.63) is 34.3 Å². The lowest BCUT2D eigenvalue weighted by atomic mass is 9.96. The van der Waals surface area contributed by atoms with Crippen molar-refractivity contribution in [3.8, 4) is 0 Å². The lowest BCUT2D eigenvalue weighted by Gasteiger charge is -2.41. The highest BCUT2D eigenvalue weighted by atomic mass is 35.5. The van der Waals surface area contributed by atoms with Crippen molar-refractivity contribution in [2.24, 2.45) is 0 Å². The number of halogens is 1. The minimum atomic E-state index is 0.360. The van der Waals surface area contributed by atoms with Crippen molar-refractivity contribution >= 4 is 11.6 Å². The average Bonchev–Trinajstić information content (AvgIpc) is 3.03. The first-order valence-corrected chi connectivity index (χ1v) is 8.47. The number of aryl methyl sites for hydroxylation is 1. The normalized spacial score (nSPS) is 36.3. The van der Waals surface area contributed by atoms with Crippen molar-refractivity contribution in [3.63, 3.8) is 0 Å². The highest BCUT2D eigenvalue weighted by Gasteiger charge is 2.45. The maximum Gasteiger partial charge on any atom is 0.0622 e. The van der Waals surface area contributed by atoms with E-state index in [0.717, 1.165) is 24.8 Å². The van der Waals surface area contributed by atoms with E-state index in [2.05, 4.69) is 35.3 Å². The van der Waals surface area contributed by atoms with Crippen LogP contribution in [0, 0.1) is 6.92 Å². The number of morpholine rings is 1. The Labute approximate surface area is 131 Å². The second kappa shape index (κ2) is 5.54. The molecule has 1 aromatic carbocycles. The Hall–Kier alpha value is -0.610. The van der Waals surface area contributed by atoms with Gasteiger partial charge in [0.05, 0.1) is 13.2 Å². The summed E-state index contributed by atoms with van der Waals surface area (Å²) >= 11 is 6.58. The highest BCUT2D eigenvalue weighted by Crippen LogP contribution is 2.40. The van der Waals surface area contributed by atoms with Crippen molar-refractivity contribution in [1.29, 1.82) is 0 Å². The lowest BCUT2D eigenvalue weighted by Crippen LogP contribution is -2.52. The quantitative estimate of drug-likeness (QED) is 0.909. The molecule has 0 amide bonds. The molecular weight excluding hydrogens is 284 g/mol. The van der Waals surface area contributed by atoms with Crippen LogP contribution in [-0.4, -0.2) is 42.8 Å². The SMILES string of the molecule is Cc1cccc([C@H]2NCC[C@H]2N2C3CCC2COC3)c1Cl. The van der Waals surface area contributed by atoms with Gasteiger partial charge in [-0.1, -0.05) is 29.8 Å². The second-order valence-corrected chi connectivity index (χ2v) is 7.01. The number of hydrogen-bond donors (Lipinski definition) is 1. The van der Waals surface area contributed by atoms with E-state index in [1.807, 2.05) is 0 Å². The number of hydrogen-bond acceptors (Lipinski definition) is 3. The summed E-state index contributed by atoms with van der Waals surface area (Å²) in [5.41, 5.74) is 2.44. The molecule has 0 saturated carbocycles. The number of benzene rings is 1. The molecule has 0 aliphatic carbocycles. The van der Waals surface area contributed by atoms with Gasteiger partial charge in [-0.25, -0.2) is 0 Å². The number of fused-ring (bicyclic) bond motifs is 2. The highest BCUT2D eigenvalue weighted by molar-refractivity contribution is 6.32. The molecular formula is C17H23ClN2O. The zero-order chi connectivity index (χ0) is 14.4. The molecule has 0 spiro atoms. The number of ether oxygens (including phenoxy) is 1. The predicted octanol–water partition coefficient (Wildman–Crippen LogP) is 2.91.